The first-order valence-corrected chi connectivity index (χ1v) is 8.85. The molecule has 0 aromatic heterocycles. The molecule has 1 heterocycles. The van der Waals surface area contributed by atoms with Crippen molar-refractivity contribution in [1.82, 2.24) is 4.90 Å². The standard InChI is InChI=1S/C23H22N2O2.BrH/c1-3-14-25-20(15-24)23(21(25)16-26)19-12-9-17(10-13-19)8-11-18-6-4-5-7-22(18)27-2;/h3-7,9-10,12-13,20-21,23,26H,1,14,16H2,2H3;1H/t20-,21-,23-;/m1./s1. The molecule has 1 fully saturated rings. The van der Waals surface area contributed by atoms with Gasteiger partial charge >= 0.3 is 0 Å². The van der Waals surface area contributed by atoms with Crippen molar-refractivity contribution in [3.8, 4) is 23.7 Å². The molecular formula is C23H23BrN2O2. The van der Waals surface area contributed by atoms with Gasteiger partial charge in [0, 0.05) is 24.1 Å². The van der Waals surface area contributed by atoms with Crippen molar-refractivity contribution in [2.45, 2.75) is 18.0 Å². The van der Waals surface area contributed by atoms with E-state index in [0.29, 0.717) is 6.54 Å². The number of likely N-dealkylation sites (tertiary alicyclic amines) is 1. The second-order valence-corrected chi connectivity index (χ2v) is 6.41. The predicted octanol–water partition coefficient (Wildman–Crippen LogP) is 3.51. The Bertz CT molecular complexity index is 909. The lowest BCUT2D eigenvalue weighted by atomic mass is 9.75. The molecule has 0 unspecified atom stereocenters. The molecule has 1 aliphatic rings. The maximum Gasteiger partial charge on any atom is 0.134 e. The van der Waals surface area contributed by atoms with Crippen molar-refractivity contribution in [3.05, 3.63) is 77.9 Å². The van der Waals surface area contributed by atoms with Gasteiger partial charge in [-0.3, -0.25) is 4.90 Å². The van der Waals surface area contributed by atoms with Crippen molar-refractivity contribution in [2.24, 2.45) is 0 Å². The van der Waals surface area contributed by atoms with E-state index in [0.717, 1.165) is 22.4 Å². The third-order valence-corrected chi connectivity index (χ3v) is 4.94. The van der Waals surface area contributed by atoms with Crippen LogP contribution in [0.1, 0.15) is 22.6 Å². The molecular weight excluding hydrogens is 416 g/mol. The van der Waals surface area contributed by atoms with Crippen LogP contribution in [0.15, 0.2) is 61.2 Å². The summed E-state index contributed by atoms with van der Waals surface area (Å²) < 4.78 is 5.32. The van der Waals surface area contributed by atoms with Crippen LogP contribution in [0.2, 0.25) is 0 Å². The van der Waals surface area contributed by atoms with Gasteiger partial charge in [-0.1, -0.05) is 42.2 Å². The molecule has 1 N–H and O–H groups in total. The number of rotatable bonds is 5. The molecule has 1 aliphatic heterocycles. The summed E-state index contributed by atoms with van der Waals surface area (Å²) in [4.78, 5) is 1.98. The zero-order valence-electron chi connectivity index (χ0n) is 15.7. The van der Waals surface area contributed by atoms with Crippen LogP contribution < -0.4 is 4.74 Å². The van der Waals surface area contributed by atoms with Crippen LogP contribution in [-0.2, 0) is 0 Å². The highest BCUT2D eigenvalue weighted by atomic mass is 79.9. The quantitative estimate of drug-likeness (QED) is 0.573. The first kappa shape index (κ1) is 21.7. The molecule has 0 aliphatic carbocycles. The number of para-hydroxylation sites is 1. The zero-order chi connectivity index (χ0) is 19.2. The average molecular weight is 439 g/mol. The second kappa shape index (κ2) is 10.1. The van der Waals surface area contributed by atoms with Crippen LogP contribution in [-0.4, -0.2) is 42.4 Å². The Morgan fingerprint density at radius 2 is 1.89 bits per heavy atom. The first-order chi connectivity index (χ1) is 13.2. The lowest BCUT2D eigenvalue weighted by Crippen LogP contribution is -2.63. The predicted molar refractivity (Wildman–Crippen MR) is 116 cm³/mol. The summed E-state index contributed by atoms with van der Waals surface area (Å²) in [5.74, 6) is 7.03. The first-order valence-electron chi connectivity index (χ1n) is 8.85. The molecule has 144 valence electrons. The molecule has 2 aromatic rings. The van der Waals surface area contributed by atoms with E-state index >= 15 is 0 Å². The summed E-state index contributed by atoms with van der Waals surface area (Å²) in [6.45, 7) is 4.35. The Kier molecular flexibility index (Phi) is 7.84. The molecule has 0 bridgehead atoms. The van der Waals surface area contributed by atoms with Crippen LogP contribution in [0.25, 0.3) is 0 Å². The van der Waals surface area contributed by atoms with Crippen molar-refractivity contribution < 1.29 is 9.84 Å². The number of hydrogen-bond acceptors (Lipinski definition) is 4. The van der Waals surface area contributed by atoms with Gasteiger partial charge in [0.05, 0.1) is 25.3 Å². The molecule has 5 heteroatoms. The molecule has 0 spiro atoms. The highest BCUT2D eigenvalue weighted by molar-refractivity contribution is 8.93. The van der Waals surface area contributed by atoms with Gasteiger partial charge in [0.2, 0.25) is 0 Å². The van der Waals surface area contributed by atoms with Crippen molar-refractivity contribution in [2.75, 3.05) is 20.3 Å². The molecule has 0 saturated carbocycles. The smallest absolute Gasteiger partial charge is 0.134 e. The van der Waals surface area contributed by atoms with E-state index < -0.39 is 0 Å². The van der Waals surface area contributed by atoms with E-state index in [1.165, 1.54) is 0 Å². The molecule has 0 amide bonds. The van der Waals surface area contributed by atoms with Gasteiger partial charge in [0.1, 0.15) is 11.8 Å². The number of nitriles is 1. The van der Waals surface area contributed by atoms with Crippen LogP contribution in [0, 0.1) is 23.2 Å². The number of halogens is 1. The fourth-order valence-corrected chi connectivity index (χ4v) is 3.58. The lowest BCUT2D eigenvalue weighted by molar-refractivity contribution is -0.00730. The number of ether oxygens (including phenoxy) is 1. The molecule has 28 heavy (non-hydrogen) atoms. The Hall–Kier alpha value is -2.57. The maximum atomic E-state index is 9.72. The normalized spacial score (nSPS) is 20.5. The van der Waals surface area contributed by atoms with Crippen molar-refractivity contribution in [1.29, 1.82) is 5.26 Å². The minimum absolute atomic E-state index is 0. The molecule has 1 saturated heterocycles. The zero-order valence-corrected chi connectivity index (χ0v) is 17.4. The van der Waals surface area contributed by atoms with Gasteiger partial charge in [0.15, 0.2) is 0 Å². The Balaban J connectivity index is 0.00000280. The van der Waals surface area contributed by atoms with E-state index in [9.17, 15) is 10.4 Å². The summed E-state index contributed by atoms with van der Waals surface area (Å²) in [5.41, 5.74) is 2.78. The highest BCUT2D eigenvalue weighted by Gasteiger charge is 2.48. The van der Waals surface area contributed by atoms with Gasteiger partial charge in [-0.25, -0.2) is 0 Å². The van der Waals surface area contributed by atoms with Crippen LogP contribution in [0.5, 0.6) is 5.75 Å². The van der Waals surface area contributed by atoms with Crippen LogP contribution in [0.3, 0.4) is 0 Å². The summed E-state index contributed by atoms with van der Waals surface area (Å²) in [6, 6.07) is 17.6. The second-order valence-electron chi connectivity index (χ2n) is 6.41. The topological polar surface area (TPSA) is 56.5 Å². The number of benzene rings is 2. The molecule has 3 atom stereocenters. The van der Waals surface area contributed by atoms with Gasteiger partial charge in [-0.15, -0.1) is 23.6 Å². The monoisotopic (exact) mass is 438 g/mol. The van der Waals surface area contributed by atoms with Crippen LogP contribution >= 0.6 is 17.0 Å². The molecule has 2 aromatic carbocycles. The van der Waals surface area contributed by atoms with E-state index in [1.807, 2.05) is 53.4 Å². The maximum absolute atomic E-state index is 9.72. The summed E-state index contributed by atoms with van der Waals surface area (Å²) in [5, 5.41) is 19.2. The fraction of sp³-hybridized carbons (Fsp3) is 0.261. The fourth-order valence-electron chi connectivity index (χ4n) is 3.58. The number of hydrogen-bond donors (Lipinski definition) is 1. The van der Waals surface area contributed by atoms with E-state index in [2.05, 4.69) is 24.5 Å². The number of methoxy groups -OCH3 is 1. The SMILES string of the molecule is Br.C=CCN1[C@H](C#N)[C@@H](c2ccc(C#Cc3ccccc3OC)cc2)[C@H]1CO. The van der Waals surface area contributed by atoms with Crippen molar-refractivity contribution >= 4 is 17.0 Å². The molecule has 4 nitrogen and oxygen atoms in total. The van der Waals surface area contributed by atoms with Gasteiger partial charge < -0.3 is 9.84 Å². The van der Waals surface area contributed by atoms with E-state index in [-0.39, 0.29) is 41.6 Å². The summed E-state index contributed by atoms with van der Waals surface area (Å²) in [7, 11) is 1.63. The Morgan fingerprint density at radius 3 is 2.50 bits per heavy atom. The minimum Gasteiger partial charge on any atom is -0.495 e. The van der Waals surface area contributed by atoms with Gasteiger partial charge in [-0.05, 0) is 29.8 Å². The minimum atomic E-state index is -0.245. The number of aliphatic hydroxyl groups is 1. The lowest BCUT2D eigenvalue weighted by Gasteiger charge is -2.51. The molecule has 3 rings (SSSR count). The van der Waals surface area contributed by atoms with E-state index in [4.69, 9.17) is 4.74 Å². The van der Waals surface area contributed by atoms with Crippen molar-refractivity contribution in [3.63, 3.8) is 0 Å². The van der Waals surface area contributed by atoms with Gasteiger partial charge in [0.25, 0.3) is 0 Å². The third-order valence-electron chi connectivity index (χ3n) is 4.94. The number of nitrogens with zero attached hydrogens (tertiary/aromatic N) is 2. The molecule has 0 radical (unpaired) electrons. The number of aliphatic hydroxyl groups excluding tert-OH is 1. The highest BCUT2D eigenvalue weighted by Crippen LogP contribution is 2.40. The third kappa shape index (κ3) is 4.29. The Labute approximate surface area is 176 Å². The van der Waals surface area contributed by atoms with Gasteiger partial charge in [-0.2, -0.15) is 5.26 Å². The van der Waals surface area contributed by atoms with E-state index in [1.54, 1.807) is 13.2 Å². The summed E-state index contributed by atoms with van der Waals surface area (Å²) in [6.07, 6.45) is 1.76. The largest absolute Gasteiger partial charge is 0.495 e. The average Bonchev–Trinajstić information content (AvgIpc) is 2.70. The van der Waals surface area contributed by atoms with Crippen LogP contribution in [0.4, 0.5) is 0 Å². The Morgan fingerprint density at radius 1 is 1.18 bits per heavy atom. The summed E-state index contributed by atoms with van der Waals surface area (Å²) >= 11 is 0.